The predicted octanol–water partition coefficient (Wildman–Crippen LogP) is 1.41. The summed E-state index contributed by atoms with van der Waals surface area (Å²) in [6.07, 6.45) is 0.423. The van der Waals surface area contributed by atoms with Crippen LogP contribution in [-0.4, -0.2) is 30.3 Å². The topological polar surface area (TPSA) is 58.6 Å². The molecule has 0 spiro atoms. The first kappa shape index (κ1) is 12.8. The zero-order valence-electron chi connectivity index (χ0n) is 9.53. The Bertz CT molecular complexity index is 453. The number of carbonyl (C=O) groups is 1. The van der Waals surface area contributed by atoms with Gasteiger partial charge in [0.15, 0.2) is 11.6 Å². The fourth-order valence-electron chi connectivity index (χ4n) is 1.92. The Hall–Kier alpha value is -1.69. The number of carboxylic acids is 1. The van der Waals surface area contributed by atoms with Crippen molar-refractivity contribution >= 4 is 5.97 Å². The standard InChI is InChI=1S/C12H13F2NO3/c13-8-1-2-9(14)11(4-8)18-6-7-3-10(12(16)17)15-5-7/h1-2,4,7,10,15H,3,5-6H2,(H,16,17)/t7-,10?/m0/s1. The summed E-state index contributed by atoms with van der Waals surface area (Å²) in [7, 11) is 0. The Labute approximate surface area is 103 Å². The molecule has 1 aromatic rings. The number of hydrogen-bond donors (Lipinski definition) is 2. The third-order valence-electron chi connectivity index (χ3n) is 2.89. The highest BCUT2D eigenvalue weighted by Crippen LogP contribution is 2.21. The van der Waals surface area contributed by atoms with Crippen LogP contribution in [0.25, 0.3) is 0 Å². The molecule has 1 fully saturated rings. The molecule has 1 unspecified atom stereocenters. The molecule has 1 aliphatic heterocycles. The van der Waals surface area contributed by atoms with Crippen molar-refractivity contribution in [1.29, 1.82) is 0 Å². The molecule has 0 bridgehead atoms. The number of aliphatic carboxylic acids is 1. The lowest BCUT2D eigenvalue weighted by Gasteiger charge is -2.11. The average molecular weight is 257 g/mol. The molecule has 2 N–H and O–H groups in total. The van der Waals surface area contributed by atoms with Crippen LogP contribution < -0.4 is 10.1 Å². The molecule has 0 radical (unpaired) electrons. The molecule has 6 heteroatoms. The van der Waals surface area contributed by atoms with Crippen molar-refractivity contribution < 1.29 is 23.4 Å². The lowest BCUT2D eigenvalue weighted by Crippen LogP contribution is -2.29. The van der Waals surface area contributed by atoms with Crippen molar-refractivity contribution in [1.82, 2.24) is 5.32 Å². The van der Waals surface area contributed by atoms with E-state index < -0.39 is 23.6 Å². The second-order valence-electron chi connectivity index (χ2n) is 4.29. The predicted molar refractivity (Wildman–Crippen MR) is 59.4 cm³/mol. The van der Waals surface area contributed by atoms with Gasteiger partial charge < -0.3 is 15.2 Å². The Morgan fingerprint density at radius 1 is 1.50 bits per heavy atom. The zero-order valence-corrected chi connectivity index (χ0v) is 9.53. The summed E-state index contributed by atoms with van der Waals surface area (Å²) < 4.78 is 31.3. The molecular weight excluding hydrogens is 244 g/mol. The van der Waals surface area contributed by atoms with Gasteiger partial charge in [-0.15, -0.1) is 0 Å². The number of nitrogens with one attached hydrogen (secondary N) is 1. The van der Waals surface area contributed by atoms with E-state index in [0.717, 1.165) is 18.2 Å². The van der Waals surface area contributed by atoms with Gasteiger partial charge >= 0.3 is 5.97 Å². The third kappa shape index (κ3) is 2.95. The van der Waals surface area contributed by atoms with Crippen LogP contribution in [0.15, 0.2) is 18.2 Å². The number of halogens is 2. The Morgan fingerprint density at radius 2 is 2.28 bits per heavy atom. The van der Waals surface area contributed by atoms with Gasteiger partial charge in [-0.25, -0.2) is 8.78 Å². The van der Waals surface area contributed by atoms with Crippen LogP contribution in [0.5, 0.6) is 5.75 Å². The summed E-state index contributed by atoms with van der Waals surface area (Å²) in [6, 6.07) is 2.40. The SMILES string of the molecule is O=C(O)C1C[C@H](COc2cc(F)ccc2F)CN1. The van der Waals surface area contributed by atoms with Gasteiger partial charge in [-0.1, -0.05) is 0 Å². The van der Waals surface area contributed by atoms with Gasteiger partial charge in [-0.2, -0.15) is 0 Å². The van der Waals surface area contributed by atoms with E-state index in [9.17, 15) is 13.6 Å². The highest BCUT2D eigenvalue weighted by Gasteiger charge is 2.29. The van der Waals surface area contributed by atoms with E-state index in [4.69, 9.17) is 9.84 Å². The van der Waals surface area contributed by atoms with E-state index >= 15 is 0 Å². The number of benzene rings is 1. The summed E-state index contributed by atoms with van der Waals surface area (Å²) in [5.41, 5.74) is 0. The summed E-state index contributed by atoms with van der Waals surface area (Å²) >= 11 is 0. The smallest absolute Gasteiger partial charge is 0.320 e. The fourth-order valence-corrected chi connectivity index (χ4v) is 1.92. The van der Waals surface area contributed by atoms with Crippen LogP contribution in [0.1, 0.15) is 6.42 Å². The highest BCUT2D eigenvalue weighted by atomic mass is 19.1. The molecule has 1 saturated heterocycles. The Morgan fingerprint density at radius 3 is 2.94 bits per heavy atom. The van der Waals surface area contributed by atoms with Gasteiger partial charge in [0, 0.05) is 18.5 Å². The lowest BCUT2D eigenvalue weighted by atomic mass is 10.1. The highest BCUT2D eigenvalue weighted by molar-refractivity contribution is 5.73. The largest absolute Gasteiger partial charge is 0.490 e. The van der Waals surface area contributed by atoms with Gasteiger partial charge in [0.1, 0.15) is 11.9 Å². The molecule has 18 heavy (non-hydrogen) atoms. The van der Waals surface area contributed by atoms with Crippen LogP contribution in [0, 0.1) is 17.6 Å². The molecule has 0 amide bonds. The minimum absolute atomic E-state index is 0.0197. The molecule has 1 aromatic carbocycles. The van der Waals surface area contributed by atoms with E-state index in [0.29, 0.717) is 13.0 Å². The monoisotopic (exact) mass is 257 g/mol. The first-order chi connectivity index (χ1) is 8.56. The Kier molecular flexibility index (Phi) is 3.76. The van der Waals surface area contributed by atoms with E-state index in [2.05, 4.69) is 5.32 Å². The molecule has 1 aliphatic rings. The lowest BCUT2D eigenvalue weighted by molar-refractivity contribution is -0.139. The quantitative estimate of drug-likeness (QED) is 0.856. The summed E-state index contributed by atoms with van der Waals surface area (Å²) in [5.74, 6) is -2.27. The second kappa shape index (κ2) is 5.30. The maximum absolute atomic E-state index is 13.2. The third-order valence-corrected chi connectivity index (χ3v) is 2.89. The summed E-state index contributed by atoms with van der Waals surface area (Å²) in [6.45, 7) is 0.658. The van der Waals surface area contributed by atoms with E-state index in [1.165, 1.54) is 0 Å². The van der Waals surface area contributed by atoms with Crippen LogP contribution in [0.2, 0.25) is 0 Å². The average Bonchev–Trinajstić information content (AvgIpc) is 2.79. The molecule has 0 aromatic heterocycles. The number of ether oxygens (including phenoxy) is 1. The number of carboxylic acid groups (broad SMARTS) is 1. The molecule has 98 valence electrons. The van der Waals surface area contributed by atoms with Gasteiger partial charge in [-0.05, 0) is 18.6 Å². The van der Waals surface area contributed by atoms with Gasteiger partial charge in [-0.3, -0.25) is 4.79 Å². The van der Waals surface area contributed by atoms with Crippen LogP contribution >= 0.6 is 0 Å². The summed E-state index contributed by atoms with van der Waals surface area (Å²) in [4.78, 5) is 10.7. The number of hydrogen-bond acceptors (Lipinski definition) is 3. The zero-order chi connectivity index (χ0) is 13.1. The Balaban J connectivity index is 1.89. The van der Waals surface area contributed by atoms with E-state index in [-0.39, 0.29) is 18.3 Å². The maximum atomic E-state index is 13.2. The van der Waals surface area contributed by atoms with E-state index in [1.807, 2.05) is 0 Å². The van der Waals surface area contributed by atoms with Crippen LogP contribution in [0.3, 0.4) is 0 Å². The van der Waals surface area contributed by atoms with Crippen LogP contribution in [0.4, 0.5) is 8.78 Å². The van der Waals surface area contributed by atoms with Crippen molar-refractivity contribution in [3.63, 3.8) is 0 Å². The van der Waals surface area contributed by atoms with Crippen molar-refractivity contribution in [3.8, 4) is 5.75 Å². The molecule has 4 nitrogen and oxygen atoms in total. The molecule has 2 atom stereocenters. The normalized spacial score (nSPS) is 23.0. The van der Waals surface area contributed by atoms with Crippen LogP contribution in [-0.2, 0) is 4.79 Å². The fraction of sp³-hybridized carbons (Fsp3) is 0.417. The van der Waals surface area contributed by atoms with Crippen molar-refractivity contribution in [2.45, 2.75) is 12.5 Å². The van der Waals surface area contributed by atoms with Gasteiger partial charge in [0.25, 0.3) is 0 Å². The summed E-state index contributed by atoms with van der Waals surface area (Å²) in [5, 5.41) is 11.6. The minimum atomic E-state index is -0.908. The first-order valence-corrected chi connectivity index (χ1v) is 5.60. The molecule has 0 aliphatic carbocycles. The van der Waals surface area contributed by atoms with E-state index in [1.54, 1.807) is 0 Å². The minimum Gasteiger partial charge on any atom is -0.490 e. The molecule has 2 rings (SSSR count). The molecular formula is C12H13F2NO3. The van der Waals surface area contributed by atoms with Gasteiger partial charge in [0.05, 0.1) is 6.61 Å². The van der Waals surface area contributed by atoms with Crippen molar-refractivity contribution in [3.05, 3.63) is 29.8 Å². The maximum Gasteiger partial charge on any atom is 0.320 e. The van der Waals surface area contributed by atoms with Crippen molar-refractivity contribution in [2.75, 3.05) is 13.2 Å². The molecule has 0 saturated carbocycles. The number of rotatable bonds is 4. The van der Waals surface area contributed by atoms with Gasteiger partial charge in [0.2, 0.25) is 0 Å². The van der Waals surface area contributed by atoms with Crippen molar-refractivity contribution in [2.24, 2.45) is 5.92 Å². The first-order valence-electron chi connectivity index (χ1n) is 5.60. The molecule has 1 heterocycles. The second-order valence-corrected chi connectivity index (χ2v) is 4.29.